The molecule has 1 heterocycles. The Bertz CT molecular complexity index is 703. The van der Waals surface area contributed by atoms with E-state index >= 15 is 0 Å². The predicted molar refractivity (Wildman–Crippen MR) is 103 cm³/mol. The SMILES string of the molecule is Cc1cc([C@H]2CC[C@@H](C(=O)NCC3CC3)CN2C(=O)NC(C)C)ccc1F. The molecule has 5 nitrogen and oxygen atoms in total. The number of nitrogens with one attached hydrogen (secondary N) is 2. The Balaban J connectivity index is 1.75. The summed E-state index contributed by atoms with van der Waals surface area (Å²) in [5.41, 5.74) is 1.49. The van der Waals surface area contributed by atoms with E-state index in [1.807, 2.05) is 19.9 Å². The number of urea groups is 1. The maximum absolute atomic E-state index is 13.7. The number of halogens is 1. The van der Waals surface area contributed by atoms with Gasteiger partial charge in [0.05, 0.1) is 12.0 Å². The van der Waals surface area contributed by atoms with Crippen LogP contribution >= 0.6 is 0 Å². The van der Waals surface area contributed by atoms with Gasteiger partial charge in [-0.05, 0) is 69.6 Å². The Labute approximate surface area is 160 Å². The van der Waals surface area contributed by atoms with Crippen molar-refractivity contribution in [2.24, 2.45) is 11.8 Å². The van der Waals surface area contributed by atoms with Crippen LogP contribution in [0.25, 0.3) is 0 Å². The Kier molecular flexibility index (Phi) is 6.02. The maximum atomic E-state index is 13.7. The molecule has 0 aromatic heterocycles. The van der Waals surface area contributed by atoms with Gasteiger partial charge in [0, 0.05) is 19.1 Å². The van der Waals surface area contributed by atoms with Gasteiger partial charge in [-0.25, -0.2) is 9.18 Å². The molecule has 1 aromatic rings. The lowest BCUT2D eigenvalue weighted by atomic mass is 9.88. The van der Waals surface area contributed by atoms with Crippen LogP contribution in [-0.4, -0.2) is 36.0 Å². The molecule has 1 saturated carbocycles. The third kappa shape index (κ3) is 4.99. The molecule has 1 aliphatic heterocycles. The first kappa shape index (κ1) is 19.6. The molecular weight excluding hydrogens is 345 g/mol. The average Bonchev–Trinajstić information content (AvgIpc) is 3.45. The summed E-state index contributed by atoms with van der Waals surface area (Å²) >= 11 is 0. The van der Waals surface area contributed by atoms with Gasteiger partial charge in [0.2, 0.25) is 5.91 Å². The highest BCUT2D eigenvalue weighted by Crippen LogP contribution is 2.34. The number of aryl methyl sites for hydroxylation is 1. The summed E-state index contributed by atoms with van der Waals surface area (Å²) in [6.45, 7) is 6.69. The molecular formula is C21H30FN3O2. The molecule has 1 aliphatic carbocycles. The maximum Gasteiger partial charge on any atom is 0.318 e. The summed E-state index contributed by atoms with van der Waals surface area (Å²) in [4.78, 5) is 27.1. The summed E-state index contributed by atoms with van der Waals surface area (Å²) in [7, 11) is 0. The molecule has 2 aliphatic rings. The smallest absolute Gasteiger partial charge is 0.318 e. The molecule has 148 valence electrons. The van der Waals surface area contributed by atoms with Gasteiger partial charge in [0.25, 0.3) is 0 Å². The fourth-order valence-electron chi connectivity index (χ4n) is 3.67. The average molecular weight is 375 g/mol. The van der Waals surface area contributed by atoms with E-state index in [-0.39, 0.29) is 35.8 Å². The molecule has 2 fully saturated rings. The fraction of sp³-hybridized carbons (Fsp3) is 0.619. The van der Waals surface area contributed by atoms with Crippen LogP contribution < -0.4 is 10.6 Å². The number of nitrogens with zero attached hydrogens (tertiary/aromatic N) is 1. The summed E-state index contributed by atoms with van der Waals surface area (Å²) in [5.74, 6) is 0.232. The minimum atomic E-state index is -0.245. The zero-order valence-electron chi connectivity index (χ0n) is 16.4. The number of rotatable bonds is 5. The largest absolute Gasteiger partial charge is 0.356 e. The van der Waals surface area contributed by atoms with E-state index in [0.29, 0.717) is 24.4 Å². The van der Waals surface area contributed by atoms with Crippen molar-refractivity contribution in [2.45, 2.75) is 58.5 Å². The Morgan fingerprint density at radius 3 is 2.59 bits per heavy atom. The van der Waals surface area contributed by atoms with Crippen molar-refractivity contribution in [3.8, 4) is 0 Å². The molecule has 2 atom stereocenters. The zero-order chi connectivity index (χ0) is 19.6. The molecule has 1 saturated heterocycles. The van der Waals surface area contributed by atoms with Crippen LogP contribution in [0.4, 0.5) is 9.18 Å². The lowest BCUT2D eigenvalue weighted by Gasteiger charge is -2.40. The van der Waals surface area contributed by atoms with E-state index < -0.39 is 0 Å². The lowest BCUT2D eigenvalue weighted by molar-refractivity contribution is -0.126. The van der Waals surface area contributed by atoms with Crippen LogP contribution in [0.1, 0.15) is 56.7 Å². The van der Waals surface area contributed by atoms with Crippen molar-refractivity contribution < 1.29 is 14.0 Å². The summed E-state index contributed by atoms with van der Waals surface area (Å²) in [5, 5.41) is 5.98. The minimum absolute atomic E-state index is 0.0113. The molecule has 6 heteroatoms. The Morgan fingerprint density at radius 2 is 1.96 bits per heavy atom. The van der Waals surface area contributed by atoms with Gasteiger partial charge in [-0.15, -0.1) is 0 Å². The molecule has 0 unspecified atom stereocenters. The van der Waals surface area contributed by atoms with Crippen LogP contribution in [-0.2, 0) is 4.79 Å². The number of carbonyl (C=O) groups is 2. The summed E-state index contributed by atoms with van der Waals surface area (Å²) < 4.78 is 13.7. The third-order valence-corrected chi connectivity index (χ3v) is 5.45. The van der Waals surface area contributed by atoms with Gasteiger partial charge >= 0.3 is 6.03 Å². The van der Waals surface area contributed by atoms with Crippen molar-refractivity contribution in [1.29, 1.82) is 0 Å². The van der Waals surface area contributed by atoms with E-state index in [2.05, 4.69) is 10.6 Å². The van der Waals surface area contributed by atoms with Gasteiger partial charge in [0.15, 0.2) is 0 Å². The number of benzene rings is 1. The highest BCUT2D eigenvalue weighted by atomic mass is 19.1. The van der Waals surface area contributed by atoms with Gasteiger partial charge in [-0.3, -0.25) is 4.79 Å². The second-order valence-corrected chi connectivity index (χ2v) is 8.24. The van der Waals surface area contributed by atoms with Crippen LogP contribution in [0.3, 0.4) is 0 Å². The van der Waals surface area contributed by atoms with Crippen LogP contribution in [0, 0.1) is 24.6 Å². The quantitative estimate of drug-likeness (QED) is 0.827. The Hall–Kier alpha value is -2.11. The van der Waals surface area contributed by atoms with Gasteiger partial charge < -0.3 is 15.5 Å². The second-order valence-electron chi connectivity index (χ2n) is 8.24. The van der Waals surface area contributed by atoms with Crippen LogP contribution in [0.5, 0.6) is 0 Å². The van der Waals surface area contributed by atoms with Crippen molar-refractivity contribution in [1.82, 2.24) is 15.5 Å². The standard InChI is InChI=1S/C21H30FN3O2/c1-13(2)24-21(27)25-12-17(20(26)23-11-15-4-5-15)7-9-19(25)16-6-8-18(22)14(3)10-16/h6,8,10,13,15,17,19H,4-5,7,9,11-12H2,1-3H3,(H,23,26)(H,24,27)/t17-,19-/m1/s1. The molecule has 2 N–H and O–H groups in total. The van der Waals surface area contributed by atoms with Gasteiger partial charge in [-0.2, -0.15) is 0 Å². The molecule has 0 spiro atoms. The highest BCUT2D eigenvalue weighted by Gasteiger charge is 2.36. The lowest BCUT2D eigenvalue weighted by Crippen LogP contribution is -2.51. The molecule has 0 radical (unpaired) electrons. The van der Waals surface area contributed by atoms with Crippen molar-refractivity contribution in [3.63, 3.8) is 0 Å². The number of hydrogen-bond donors (Lipinski definition) is 2. The predicted octanol–water partition coefficient (Wildman–Crippen LogP) is 3.53. The minimum Gasteiger partial charge on any atom is -0.356 e. The van der Waals surface area contributed by atoms with E-state index in [1.165, 1.54) is 18.9 Å². The molecule has 3 rings (SSSR count). The second kappa shape index (κ2) is 8.28. The van der Waals surface area contributed by atoms with Crippen molar-refractivity contribution >= 4 is 11.9 Å². The zero-order valence-corrected chi connectivity index (χ0v) is 16.4. The third-order valence-electron chi connectivity index (χ3n) is 5.45. The van der Waals surface area contributed by atoms with Gasteiger partial charge in [-0.1, -0.05) is 12.1 Å². The molecule has 3 amide bonds. The highest BCUT2D eigenvalue weighted by molar-refractivity contribution is 5.81. The van der Waals surface area contributed by atoms with Crippen LogP contribution in [0.15, 0.2) is 18.2 Å². The monoisotopic (exact) mass is 375 g/mol. The van der Waals surface area contributed by atoms with E-state index in [1.54, 1.807) is 17.9 Å². The topological polar surface area (TPSA) is 61.4 Å². The summed E-state index contributed by atoms with van der Waals surface area (Å²) in [6.07, 6.45) is 3.81. The molecule has 27 heavy (non-hydrogen) atoms. The number of carbonyl (C=O) groups excluding carboxylic acids is 2. The Morgan fingerprint density at radius 1 is 1.22 bits per heavy atom. The first-order valence-corrected chi connectivity index (χ1v) is 9.96. The van der Waals surface area contributed by atoms with E-state index in [9.17, 15) is 14.0 Å². The first-order chi connectivity index (χ1) is 12.8. The summed E-state index contributed by atoms with van der Waals surface area (Å²) in [6, 6.07) is 4.71. The van der Waals surface area contributed by atoms with E-state index in [4.69, 9.17) is 0 Å². The van der Waals surface area contributed by atoms with Crippen LogP contribution in [0.2, 0.25) is 0 Å². The van der Waals surface area contributed by atoms with Crippen molar-refractivity contribution in [2.75, 3.05) is 13.1 Å². The molecule has 1 aromatic carbocycles. The van der Waals surface area contributed by atoms with E-state index in [0.717, 1.165) is 18.5 Å². The normalized spacial score (nSPS) is 22.6. The number of piperidine rings is 1. The van der Waals surface area contributed by atoms with Gasteiger partial charge in [0.1, 0.15) is 5.82 Å². The number of hydrogen-bond acceptors (Lipinski definition) is 2. The number of amides is 3. The first-order valence-electron chi connectivity index (χ1n) is 9.96. The molecule has 0 bridgehead atoms. The number of likely N-dealkylation sites (tertiary alicyclic amines) is 1. The fourth-order valence-corrected chi connectivity index (χ4v) is 3.67. The van der Waals surface area contributed by atoms with Crippen molar-refractivity contribution in [3.05, 3.63) is 35.1 Å².